The number of amides is 1. The molecule has 4 nitrogen and oxygen atoms in total. The van der Waals surface area contributed by atoms with Gasteiger partial charge in [-0.2, -0.15) is 0 Å². The van der Waals surface area contributed by atoms with Crippen molar-refractivity contribution in [1.82, 2.24) is 9.88 Å². The Hall–Kier alpha value is -1.62. The van der Waals surface area contributed by atoms with Crippen LogP contribution in [-0.4, -0.2) is 43.6 Å². The summed E-state index contributed by atoms with van der Waals surface area (Å²) >= 11 is 0. The SMILES string of the molecule is Cc1cccc2c(CCC(=O)N3CC[S@](=O)[C@@H](C)[C@H]3C)c[nH]c12. The van der Waals surface area contributed by atoms with Gasteiger partial charge in [-0.25, -0.2) is 0 Å². The third-order valence-electron chi connectivity index (χ3n) is 5.06. The van der Waals surface area contributed by atoms with Gasteiger partial charge in [0.1, 0.15) is 0 Å². The molecular formula is C18H24N2O2S. The molecule has 2 aromatic rings. The monoisotopic (exact) mass is 332 g/mol. The van der Waals surface area contributed by atoms with Gasteiger partial charge in [0.05, 0.1) is 5.25 Å². The van der Waals surface area contributed by atoms with Gasteiger partial charge < -0.3 is 9.88 Å². The summed E-state index contributed by atoms with van der Waals surface area (Å²) in [5.74, 6) is 0.770. The molecule has 1 fully saturated rings. The molecule has 3 rings (SSSR count). The van der Waals surface area contributed by atoms with E-state index in [1.54, 1.807) is 0 Å². The molecule has 5 heteroatoms. The van der Waals surface area contributed by atoms with Crippen LogP contribution in [0.3, 0.4) is 0 Å². The Morgan fingerprint density at radius 2 is 2.17 bits per heavy atom. The van der Waals surface area contributed by atoms with Gasteiger partial charge in [-0.05, 0) is 38.3 Å². The largest absolute Gasteiger partial charge is 0.361 e. The van der Waals surface area contributed by atoms with Gasteiger partial charge in [-0.1, -0.05) is 18.2 Å². The third kappa shape index (κ3) is 3.07. The van der Waals surface area contributed by atoms with Crippen LogP contribution in [0.15, 0.2) is 24.4 Å². The number of fused-ring (bicyclic) bond motifs is 1. The van der Waals surface area contributed by atoms with Gasteiger partial charge in [0.25, 0.3) is 0 Å². The van der Waals surface area contributed by atoms with Gasteiger partial charge in [0.2, 0.25) is 5.91 Å². The van der Waals surface area contributed by atoms with Crippen molar-refractivity contribution in [2.45, 2.75) is 44.9 Å². The zero-order chi connectivity index (χ0) is 16.6. The molecule has 0 bridgehead atoms. The molecule has 2 heterocycles. The number of hydrogen-bond acceptors (Lipinski definition) is 2. The predicted molar refractivity (Wildman–Crippen MR) is 95.0 cm³/mol. The number of carbonyl (C=O) groups is 1. The van der Waals surface area contributed by atoms with E-state index in [-0.39, 0.29) is 17.2 Å². The second-order valence-corrected chi connectivity index (χ2v) is 8.34. The number of carbonyl (C=O) groups excluding carboxylic acids is 1. The van der Waals surface area contributed by atoms with Crippen molar-refractivity contribution in [3.8, 4) is 0 Å². The molecule has 0 aliphatic carbocycles. The Balaban J connectivity index is 1.69. The second kappa shape index (κ2) is 6.48. The minimum Gasteiger partial charge on any atom is -0.361 e. The maximum atomic E-state index is 12.6. The molecule has 0 radical (unpaired) electrons. The van der Waals surface area contributed by atoms with E-state index in [9.17, 15) is 9.00 Å². The lowest BCUT2D eigenvalue weighted by Crippen LogP contribution is -2.52. The Morgan fingerprint density at radius 1 is 1.39 bits per heavy atom. The summed E-state index contributed by atoms with van der Waals surface area (Å²) in [6, 6.07) is 6.31. The van der Waals surface area contributed by atoms with Crippen LogP contribution in [0.1, 0.15) is 31.4 Å². The van der Waals surface area contributed by atoms with Gasteiger partial charge in [0.15, 0.2) is 0 Å². The van der Waals surface area contributed by atoms with E-state index in [2.05, 4.69) is 30.1 Å². The maximum Gasteiger partial charge on any atom is 0.223 e. The number of aromatic amines is 1. The molecule has 1 aromatic carbocycles. The fraction of sp³-hybridized carbons (Fsp3) is 0.500. The molecular weight excluding hydrogens is 308 g/mol. The van der Waals surface area contributed by atoms with Crippen molar-refractivity contribution < 1.29 is 9.00 Å². The van der Waals surface area contributed by atoms with Gasteiger partial charge in [-0.15, -0.1) is 0 Å². The molecule has 1 saturated heterocycles. The summed E-state index contributed by atoms with van der Waals surface area (Å²) in [7, 11) is -0.806. The van der Waals surface area contributed by atoms with E-state index >= 15 is 0 Å². The first kappa shape index (κ1) is 16.2. The first-order valence-corrected chi connectivity index (χ1v) is 9.59. The Kier molecular flexibility index (Phi) is 4.57. The van der Waals surface area contributed by atoms with Crippen LogP contribution < -0.4 is 0 Å². The lowest BCUT2D eigenvalue weighted by molar-refractivity contribution is -0.133. The van der Waals surface area contributed by atoms with Crippen molar-refractivity contribution in [3.63, 3.8) is 0 Å². The topological polar surface area (TPSA) is 53.2 Å². The van der Waals surface area contributed by atoms with Crippen LogP contribution in [0.5, 0.6) is 0 Å². The lowest BCUT2D eigenvalue weighted by Gasteiger charge is -2.37. The Labute approximate surface area is 139 Å². The summed E-state index contributed by atoms with van der Waals surface area (Å²) in [4.78, 5) is 17.8. The molecule has 23 heavy (non-hydrogen) atoms. The van der Waals surface area contributed by atoms with E-state index in [1.165, 1.54) is 16.5 Å². The molecule has 1 aliphatic rings. The maximum absolute atomic E-state index is 12.6. The van der Waals surface area contributed by atoms with E-state index in [0.29, 0.717) is 18.7 Å². The van der Waals surface area contributed by atoms with Crippen LogP contribution in [-0.2, 0) is 22.0 Å². The quantitative estimate of drug-likeness (QED) is 0.940. The average Bonchev–Trinajstić information content (AvgIpc) is 2.95. The van der Waals surface area contributed by atoms with Crippen molar-refractivity contribution in [2.24, 2.45) is 0 Å². The molecule has 0 unspecified atom stereocenters. The standard InChI is InChI=1S/C18H24N2O2S/c1-12-5-4-6-16-15(11-19-18(12)16)7-8-17(21)20-9-10-23(22)14(3)13(20)2/h4-6,11,13-14,19H,7-10H2,1-3H3/t13-,14+,23+/m1/s1. The molecule has 1 N–H and O–H groups in total. The number of para-hydroxylation sites is 1. The van der Waals surface area contributed by atoms with Gasteiger partial charge in [0, 0.05) is 52.7 Å². The molecule has 0 saturated carbocycles. The normalized spacial score (nSPS) is 25.0. The highest BCUT2D eigenvalue weighted by molar-refractivity contribution is 7.85. The predicted octanol–water partition coefficient (Wildman–Crippen LogP) is 2.78. The van der Waals surface area contributed by atoms with Crippen molar-refractivity contribution in [2.75, 3.05) is 12.3 Å². The fourth-order valence-corrected chi connectivity index (χ4v) is 4.69. The van der Waals surface area contributed by atoms with Crippen molar-refractivity contribution in [1.29, 1.82) is 0 Å². The lowest BCUT2D eigenvalue weighted by atomic mass is 10.1. The van der Waals surface area contributed by atoms with Gasteiger partial charge in [-0.3, -0.25) is 9.00 Å². The van der Waals surface area contributed by atoms with Crippen LogP contribution >= 0.6 is 0 Å². The molecule has 1 aromatic heterocycles. The van der Waals surface area contributed by atoms with Crippen molar-refractivity contribution >= 4 is 27.6 Å². The smallest absolute Gasteiger partial charge is 0.223 e. The highest BCUT2D eigenvalue weighted by Gasteiger charge is 2.32. The highest BCUT2D eigenvalue weighted by Crippen LogP contribution is 2.23. The first-order chi connectivity index (χ1) is 11.0. The Bertz CT molecular complexity index is 753. The van der Waals surface area contributed by atoms with Crippen LogP contribution in [0.25, 0.3) is 10.9 Å². The Morgan fingerprint density at radius 3 is 2.96 bits per heavy atom. The number of H-pyrrole nitrogens is 1. The molecule has 1 amide bonds. The summed E-state index contributed by atoms with van der Waals surface area (Å²) < 4.78 is 11.9. The zero-order valence-corrected chi connectivity index (χ0v) is 14.8. The zero-order valence-electron chi connectivity index (χ0n) is 14.0. The number of aryl methyl sites for hydroxylation is 2. The van der Waals surface area contributed by atoms with Crippen LogP contribution in [0.2, 0.25) is 0 Å². The molecule has 0 spiro atoms. The minimum absolute atomic E-state index is 0.0577. The number of aromatic nitrogens is 1. The highest BCUT2D eigenvalue weighted by atomic mass is 32.2. The summed E-state index contributed by atoms with van der Waals surface area (Å²) in [5.41, 5.74) is 3.57. The summed E-state index contributed by atoms with van der Waals surface area (Å²) in [5, 5.41) is 1.27. The van der Waals surface area contributed by atoms with E-state index in [1.807, 2.05) is 24.9 Å². The number of hydrogen-bond donors (Lipinski definition) is 1. The molecule has 124 valence electrons. The average molecular weight is 332 g/mol. The molecule has 1 aliphatic heterocycles. The fourth-order valence-electron chi connectivity index (χ4n) is 3.36. The van der Waals surface area contributed by atoms with E-state index in [4.69, 9.17) is 0 Å². The van der Waals surface area contributed by atoms with E-state index < -0.39 is 10.8 Å². The third-order valence-corrected chi connectivity index (χ3v) is 6.87. The van der Waals surface area contributed by atoms with Gasteiger partial charge >= 0.3 is 0 Å². The van der Waals surface area contributed by atoms with Crippen LogP contribution in [0, 0.1) is 6.92 Å². The number of nitrogens with zero attached hydrogens (tertiary/aromatic N) is 1. The summed E-state index contributed by atoms with van der Waals surface area (Å²) in [6.45, 7) is 6.69. The number of benzene rings is 1. The van der Waals surface area contributed by atoms with Crippen LogP contribution in [0.4, 0.5) is 0 Å². The summed E-state index contributed by atoms with van der Waals surface area (Å²) in [6.07, 6.45) is 3.26. The van der Waals surface area contributed by atoms with Crippen molar-refractivity contribution in [3.05, 3.63) is 35.5 Å². The number of nitrogens with one attached hydrogen (secondary N) is 1. The molecule has 3 atom stereocenters. The minimum atomic E-state index is -0.806. The van der Waals surface area contributed by atoms with E-state index in [0.717, 1.165) is 11.9 Å². The second-order valence-electron chi connectivity index (χ2n) is 6.43. The number of rotatable bonds is 3. The first-order valence-electron chi connectivity index (χ1n) is 8.21.